The molecule has 120 valence electrons. The molecular formula is C17H36N2O. The summed E-state index contributed by atoms with van der Waals surface area (Å²) in [6.45, 7) is 19.0. The molecule has 0 spiro atoms. The average molecular weight is 284 g/mol. The molecule has 1 heterocycles. The van der Waals surface area contributed by atoms with Crippen LogP contribution in [-0.2, 0) is 4.74 Å². The molecule has 3 heteroatoms. The van der Waals surface area contributed by atoms with Gasteiger partial charge in [0.05, 0.1) is 12.7 Å². The molecule has 3 nitrogen and oxygen atoms in total. The molecule has 1 rings (SSSR count). The lowest BCUT2D eigenvalue weighted by molar-refractivity contribution is 0.00601. The van der Waals surface area contributed by atoms with Gasteiger partial charge >= 0.3 is 0 Å². The molecule has 0 aliphatic carbocycles. The van der Waals surface area contributed by atoms with Crippen molar-refractivity contribution in [2.24, 2.45) is 5.41 Å². The third kappa shape index (κ3) is 8.93. The molecule has 1 saturated heterocycles. The van der Waals surface area contributed by atoms with E-state index in [9.17, 15) is 0 Å². The van der Waals surface area contributed by atoms with Crippen LogP contribution in [0.25, 0.3) is 0 Å². The van der Waals surface area contributed by atoms with Gasteiger partial charge in [-0.25, -0.2) is 0 Å². The molecule has 0 aromatic rings. The smallest absolute Gasteiger partial charge is 0.0600 e. The first-order valence-corrected chi connectivity index (χ1v) is 8.25. The number of rotatable bonds is 6. The van der Waals surface area contributed by atoms with Gasteiger partial charge in [0, 0.05) is 25.2 Å². The van der Waals surface area contributed by atoms with E-state index in [0.29, 0.717) is 11.5 Å². The summed E-state index contributed by atoms with van der Waals surface area (Å²) < 4.78 is 5.98. The second kappa shape index (κ2) is 7.77. The van der Waals surface area contributed by atoms with Gasteiger partial charge in [-0.2, -0.15) is 0 Å². The van der Waals surface area contributed by atoms with Gasteiger partial charge in [0.1, 0.15) is 0 Å². The van der Waals surface area contributed by atoms with Crippen LogP contribution in [0.4, 0.5) is 0 Å². The van der Waals surface area contributed by atoms with E-state index in [1.807, 2.05) is 0 Å². The van der Waals surface area contributed by atoms with Crippen molar-refractivity contribution < 1.29 is 4.74 Å². The lowest BCUT2D eigenvalue weighted by atomic mass is 9.91. The molecule has 0 atom stereocenters. The fourth-order valence-electron chi connectivity index (χ4n) is 2.44. The summed E-state index contributed by atoms with van der Waals surface area (Å²) in [5.74, 6) is 0. The van der Waals surface area contributed by atoms with Gasteiger partial charge in [-0.15, -0.1) is 0 Å². The highest BCUT2D eigenvalue weighted by molar-refractivity contribution is 4.75. The van der Waals surface area contributed by atoms with Gasteiger partial charge in [-0.1, -0.05) is 20.8 Å². The Labute approximate surface area is 126 Å². The second-order valence-corrected chi connectivity index (χ2v) is 8.40. The van der Waals surface area contributed by atoms with Crippen molar-refractivity contribution in [2.75, 3.05) is 32.8 Å². The summed E-state index contributed by atoms with van der Waals surface area (Å²) in [6, 6.07) is 0. The maximum Gasteiger partial charge on any atom is 0.0600 e. The first-order valence-electron chi connectivity index (χ1n) is 8.25. The molecule has 1 aliphatic rings. The third-order valence-electron chi connectivity index (χ3n) is 3.82. The fraction of sp³-hybridized carbons (Fsp3) is 1.00. The molecule has 0 bridgehead atoms. The lowest BCUT2D eigenvalue weighted by Gasteiger charge is -2.33. The Morgan fingerprint density at radius 1 is 1.05 bits per heavy atom. The second-order valence-electron chi connectivity index (χ2n) is 8.40. The highest BCUT2D eigenvalue weighted by Gasteiger charge is 2.21. The standard InChI is InChI=1S/C17H36N2O/c1-16(2,3)9-13-19-11-7-15(8-12-19)20-14-10-18-17(4,5)6/h15,18H,7-14H2,1-6H3. The third-order valence-corrected chi connectivity index (χ3v) is 3.82. The lowest BCUT2D eigenvalue weighted by Crippen LogP contribution is -2.41. The molecule has 1 fully saturated rings. The quantitative estimate of drug-likeness (QED) is 0.758. The first kappa shape index (κ1) is 17.9. The van der Waals surface area contributed by atoms with Crippen LogP contribution in [0, 0.1) is 5.41 Å². The van der Waals surface area contributed by atoms with Gasteiger partial charge in [0.25, 0.3) is 0 Å². The number of nitrogens with one attached hydrogen (secondary N) is 1. The van der Waals surface area contributed by atoms with E-state index in [1.54, 1.807) is 0 Å². The maximum atomic E-state index is 5.98. The molecule has 0 amide bonds. The number of hydrogen-bond acceptors (Lipinski definition) is 3. The van der Waals surface area contributed by atoms with E-state index in [4.69, 9.17) is 4.74 Å². The predicted octanol–water partition coefficient (Wildman–Crippen LogP) is 3.29. The van der Waals surface area contributed by atoms with Gasteiger partial charge < -0.3 is 15.0 Å². The molecule has 0 aromatic carbocycles. The topological polar surface area (TPSA) is 24.5 Å². The first-order chi connectivity index (χ1) is 9.16. The maximum absolute atomic E-state index is 5.98. The van der Waals surface area contributed by atoms with Crippen LogP contribution >= 0.6 is 0 Å². The van der Waals surface area contributed by atoms with Crippen LogP contribution in [0.2, 0.25) is 0 Å². The van der Waals surface area contributed by atoms with Gasteiger partial charge in [-0.3, -0.25) is 0 Å². The highest BCUT2D eigenvalue weighted by atomic mass is 16.5. The van der Waals surface area contributed by atoms with Crippen LogP contribution in [0.1, 0.15) is 60.8 Å². The number of piperidine rings is 1. The van der Waals surface area contributed by atoms with Gasteiger partial charge in [0.2, 0.25) is 0 Å². The minimum Gasteiger partial charge on any atom is -0.377 e. The Bertz CT molecular complexity index is 257. The summed E-state index contributed by atoms with van der Waals surface area (Å²) in [6.07, 6.45) is 4.15. The van der Waals surface area contributed by atoms with Crippen molar-refractivity contribution in [1.29, 1.82) is 0 Å². The summed E-state index contributed by atoms with van der Waals surface area (Å²) >= 11 is 0. The van der Waals surface area contributed by atoms with Crippen LogP contribution < -0.4 is 5.32 Å². The molecule has 1 N–H and O–H groups in total. The van der Waals surface area contributed by atoms with Crippen LogP contribution in [0.15, 0.2) is 0 Å². The summed E-state index contributed by atoms with van der Waals surface area (Å²) in [5.41, 5.74) is 0.644. The minimum atomic E-state index is 0.194. The predicted molar refractivity (Wildman–Crippen MR) is 87.2 cm³/mol. The van der Waals surface area contributed by atoms with Crippen LogP contribution in [-0.4, -0.2) is 49.3 Å². The molecule has 0 saturated carbocycles. The highest BCUT2D eigenvalue weighted by Crippen LogP contribution is 2.21. The van der Waals surface area contributed by atoms with Crippen molar-refractivity contribution in [1.82, 2.24) is 10.2 Å². The van der Waals surface area contributed by atoms with E-state index in [0.717, 1.165) is 13.2 Å². The van der Waals surface area contributed by atoms with E-state index < -0.39 is 0 Å². The number of ether oxygens (including phenoxy) is 1. The summed E-state index contributed by atoms with van der Waals surface area (Å²) in [5, 5.41) is 3.47. The van der Waals surface area contributed by atoms with Gasteiger partial charge in [-0.05, 0) is 52.0 Å². The Balaban J connectivity index is 2.07. The summed E-state index contributed by atoms with van der Waals surface area (Å²) in [4.78, 5) is 2.60. The molecule has 0 aromatic heterocycles. The SMILES string of the molecule is CC(C)(C)CCN1CCC(OCCNC(C)(C)C)CC1. The molecule has 0 unspecified atom stereocenters. The van der Waals surface area contributed by atoms with Crippen LogP contribution in [0.3, 0.4) is 0 Å². The molecule has 0 radical (unpaired) electrons. The van der Waals surface area contributed by atoms with E-state index in [-0.39, 0.29) is 5.54 Å². The monoisotopic (exact) mass is 284 g/mol. The zero-order valence-corrected chi connectivity index (χ0v) is 14.6. The minimum absolute atomic E-state index is 0.194. The zero-order chi connectivity index (χ0) is 15.2. The fourth-order valence-corrected chi connectivity index (χ4v) is 2.44. The Morgan fingerprint density at radius 3 is 2.15 bits per heavy atom. The molecule has 20 heavy (non-hydrogen) atoms. The zero-order valence-electron chi connectivity index (χ0n) is 14.6. The average Bonchev–Trinajstić information content (AvgIpc) is 2.31. The number of hydrogen-bond donors (Lipinski definition) is 1. The number of nitrogens with zero attached hydrogens (tertiary/aromatic N) is 1. The van der Waals surface area contributed by atoms with Crippen molar-refractivity contribution >= 4 is 0 Å². The largest absolute Gasteiger partial charge is 0.377 e. The normalized spacial score (nSPS) is 19.5. The Hall–Kier alpha value is -0.120. The van der Waals surface area contributed by atoms with Crippen molar-refractivity contribution in [3.63, 3.8) is 0 Å². The van der Waals surface area contributed by atoms with E-state index in [2.05, 4.69) is 51.8 Å². The number of likely N-dealkylation sites (tertiary alicyclic amines) is 1. The Kier molecular flexibility index (Phi) is 6.96. The molecule has 1 aliphatic heterocycles. The van der Waals surface area contributed by atoms with Crippen molar-refractivity contribution in [3.05, 3.63) is 0 Å². The van der Waals surface area contributed by atoms with E-state index >= 15 is 0 Å². The van der Waals surface area contributed by atoms with Crippen molar-refractivity contribution in [2.45, 2.75) is 72.4 Å². The summed E-state index contributed by atoms with van der Waals surface area (Å²) in [7, 11) is 0. The molecular weight excluding hydrogens is 248 g/mol. The van der Waals surface area contributed by atoms with Crippen molar-refractivity contribution in [3.8, 4) is 0 Å². The van der Waals surface area contributed by atoms with Crippen LogP contribution in [0.5, 0.6) is 0 Å². The van der Waals surface area contributed by atoms with Gasteiger partial charge in [0.15, 0.2) is 0 Å². The van der Waals surface area contributed by atoms with E-state index in [1.165, 1.54) is 38.9 Å². The Morgan fingerprint density at radius 2 is 1.65 bits per heavy atom.